The minimum absolute atomic E-state index is 0.0294. The number of nitrogens with zero attached hydrogens (tertiary/aromatic N) is 3. The van der Waals surface area contributed by atoms with Crippen LogP contribution >= 0.6 is 0 Å². The van der Waals surface area contributed by atoms with Gasteiger partial charge in [-0.1, -0.05) is 12.6 Å². The summed E-state index contributed by atoms with van der Waals surface area (Å²) >= 11 is 0. The molecule has 0 aromatic carbocycles. The zero-order chi connectivity index (χ0) is 25.5. The van der Waals surface area contributed by atoms with E-state index in [1.807, 2.05) is 0 Å². The summed E-state index contributed by atoms with van der Waals surface area (Å²) in [5.74, 6) is -0.919. The summed E-state index contributed by atoms with van der Waals surface area (Å²) in [5, 5.41) is 17.4. The lowest BCUT2D eigenvalue weighted by Crippen LogP contribution is -2.31. The fourth-order valence-electron chi connectivity index (χ4n) is 3.12. The van der Waals surface area contributed by atoms with Crippen molar-refractivity contribution < 1.29 is 24.2 Å². The lowest BCUT2D eigenvalue weighted by atomic mass is 10.1. The number of hydrogen-bond donors (Lipinski definition) is 4. The Morgan fingerprint density at radius 3 is 2.51 bits per heavy atom. The number of amidine groups is 1. The minimum atomic E-state index is -1.13. The van der Waals surface area contributed by atoms with E-state index in [1.54, 1.807) is 12.1 Å². The molecule has 0 aliphatic heterocycles. The third-order valence-corrected chi connectivity index (χ3v) is 5.20. The van der Waals surface area contributed by atoms with Gasteiger partial charge >= 0.3 is 5.97 Å². The van der Waals surface area contributed by atoms with Crippen LogP contribution in [-0.2, 0) is 9.59 Å². The SMILES string of the molecule is C=C(C(=O)NC)/C(=C\C(=NC)NC(=O)C1CC1)Nc1nccc(-c2ccc(C(=O)O)nc2)c1OC. The van der Waals surface area contributed by atoms with Crippen molar-refractivity contribution in [3.8, 4) is 16.9 Å². The smallest absolute Gasteiger partial charge is 0.354 e. The predicted molar refractivity (Wildman–Crippen MR) is 130 cm³/mol. The van der Waals surface area contributed by atoms with E-state index in [9.17, 15) is 14.4 Å². The lowest BCUT2D eigenvalue weighted by molar-refractivity contribution is -0.120. The monoisotopic (exact) mass is 478 g/mol. The number of rotatable bonds is 9. The average molecular weight is 479 g/mol. The van der Waals surface area contributed by atoms with Crippen LogP contribution in [0.25, 0.3) is 11.1 Å². The number of methoxy groups -OCH3 is 1. The first-order chi connectivity index (χ1) is 16.8. The van der Waals surface area contributed by atoms with Gasteiger partial charge in [0.05, 0.1) is 18.4 Å². The van der Waals surface area contributed by atoms with Crippen LogP contribution in [-0.4, -0.2) is 59.9 Å². The van der Waals surface area contributed by atoms with Crippen molar-refractivity contribution in [3.05, 3.63) is 60.2 Å². The molecule has 0 radical (unpaired) electrons. The van der Waals surface area contributed by atoms with E-state index in [0.717, 1.165) is 12.8 Å². The fraction of sp³-hybridized carbons (Fsp3) is 0.250. The van der Waals surface area contributed by atoms with Gasteiger partial charge in [0.2, 0.25) is 5.91 Å². The Bertz CT molecular complexity index is 1220. The Hall–Kier alpha value is -4.54. The zero-order valence-corrected chi connectivity index (χ0v) is 19.6. The molecule has 0 spiro atoms. The number of ether oxygens (including phenoxy) is 1. The standard InChI is InChI=1S/C24H26N6O5/c1-13(22(31)26-3)18(11-19(25-2)30-23(32)14-5-6-14)29-21-20(35-4)16(9-10-27-21)15-7-8-17(24(33)34)28-12-15/h7-12,14H,1,5-6H2,2-4H3,(H,26,31)(H,27,29)(H,33,34)(H,25,30,32)/b18-11+. The van der Waals surface area contributed by atoms with Gasteiger partial charge in [-0.2, -0.15) is 0 Å². The molecule has 3 rings (SSSR count). The molecule has 11 nitrogen and oxygen atoms in total. The number of likely N-dealkylation sites (N-methyl/N-ethyl adjacent to an activating group) is 1. The molecule has 11 heteroatoms. The molecule has 35 heavy (non-hydrogen) atoms. The molecule has 1 aliphatic rings. The molecule has 0 atom stereocenters. The van der Waals surface area contributed by atoms with Crippen molar-refractivity contribution in [2.24, 2.45) is 10.9 Å². The topological polar surface area (TPSA) is 155 Å². The maximum Gasteiger partial charge on any atom is 0.354 e. The first-order valence-corrected chi connectivity index (χ1v) is 10.7. The van der Waals surface area contributed by atoms with E-state index >= 15 is 0 Å². The van der Waals surface area contributed by atoms with Crippen molar-refractivity contribution >= 4 is 29.4 Å². The minimum Gasteiger partial charge on any atom is -0.492 e. The van der Waals surface area contributed by atoms with E-state index in [2.05, 4.69) is 37.5 Å². The first kappa shape index (κ1) is 25.1. The van der Waals surface area contributed by atoms with Gasteiger partial charge in [0.15, 0.2) is 11.6 Å². The number of carboxylic acid groups (broad SMARTS) is 1. The number of carboxylic acids is 1. The quantitative estimate of drug-likeness (QED) is 0.185. The van der Waals surface area contributed by atoms with Crippen molar-refractivity contribution in [3.63, 3.8) is 0 Å². The van der Waals surface area contributed by atoms with Gasteiger partial charge in [-0.15, -0.1) is 0 Å². The van der Waals surface area contributed by atoms with Gasteiger partial charge in [-0.05, 0) is 25.0 Å². The van der Waals surface area contributed by atoms with E-state index < -0.39 is 11.9 Å². The molecule has 0 saturated heterocycles. The number of aromatic carboxylic acids is 1. The van der Waals surface area contributed by atoms with Crippen LogP contribution in [0, 0.1) is 5.92 Å². The highest BCUT2D eigenvalue weighted by Gasteiger charge is 2.30. The number of pyridine rings is 2. The molecule has 4 N–H and O–H groups in total. The predicted octanol–water partition coefficient (Wildman–Crippen LogP) is 2.00. The molecule has 1 fully saturated rings. The normalized spacial score (nSPS) is 13.6. The highest BCUT2D eigenvalue weighted by molar-refractivity contribution is 6.08. The van der Waals surface area contributed by atoms with Gasteiger partial charge in [-0.25, -0.2) is 14.8 Å². The Morgan fingerprint density at radius 1 is 1.23 bits per heavy atom. The van der Waals surface area contributed by atoms with Crippen molar-refractivity contribution in [1.29, 1.82) is 0 Å². The Balaban J connectivity index is 1.99. The van der Waals surface area contributed by atoms with Crippen LogP contribution in [0.3, 0.4) is 0 Å². The van der Waals surface area contributed by atoms with Crippen LogP contribution in [0.4, 0.5) is 5.82 Å². The summed E-state index contributed by atoms with van der Waals surface area (Å²) in [6, 6.07) is 4.68. The second kappa shape index (κ2) is 11.1. The fourth-order valence-corrected chi connectivity index (χ4v) is 3.12. The highest BCUT2D eigenvalue weighted by atomic mass is 16.5. The van der Waals surface area contributed by atoms with Crippen molar-refractivity contribution in [2.75, 3.05) is 26.5 Å². The Morgan fingerprint density at radius 2 is 1.97 bits per heavy atom. The largest absolute Gasteiger partial charge is 0.492 e. The molecule has 2 heterocycles. The van der Waals surface area contributed by atoms with E-state index in [4.69, 9.17) is 9.84 Å². The third-order valence-electron chi connectivity index (χ3n) is 5.20. The third kappa shape index (κ3) is 6.08. The number of hydrogen-bond acceptors (Lipinski definition) is 8. The maximum absolute atomic E-state index is 12.4. The first-order valence-electron chi connectivity index (χ1n) is 10.7. The number of carbonyl (C=O) groups is 3. The molecule has 1 aliphatic carbocycles. The maximum atomic E-state index is 12.4. The van der Waals surface area contributed by atoms with Gasteiger partial charge in [-0.3, -0.25) is 14.6 Å². The van der Waals surface area contributed by atoms with Gasteiger partial charge < -0.3 is 25.8 Å². The van der Waals surface area contributed by atoms with Crippen LogP contribution < -0.4 is 20.7 Å². The molecule has 2 amide bonds. The lowest BCUT2D eigenvalue weighted by Gasteiger charge is -2.17. The summed E-state index contributed by atoms with van der Waals surface area (Å²) in [6.45, 7) is 3.85. The average Bonchev–Trinajstić information content (AvgIpc) is 3.72. The number of aromatic nitrogens is 2. The molecule has 2 aromatic heterocycles. The second-order valence-electron chi connectivity index (χ2n) is 7.59. The number of amides is 2. The summed E-state index contributed by atoms with van der Waals surface area (Å²) in [4.78, 5) is 48.1. The number of aliphatic imine (C=N–C) groups is 1. The molecule has 0 bridgehead atoms. The molecule has 1 saturated carbocycles. The van der Waals surface area contributed by atoms with Gasteiger partial charge in [0, 0.05) is 49.6 Å². The summed E-state index contributed by atoms with van der Waals surface area (Å²) in [6.07, 6.45) is 6.10. The molecular formula is C24H26N6O5. The van der Waals surface area contributed by atoms with Crippen molar-refractivity contribution in [2.45, 2.75) is 12.8 Å². The van der Waals surface area contributed by atoms with Crippen LogP contribution in [0.2, 0.25) is 0 Å². The molecule has 182 valence electrons. The van der Waals surface area contributed by atoms with E-state index in [-0.39, 0.29) is 40.4 Å². The van der Waals surface area contributed by atoms with E-state index in [1.165, 1.54) is 45.7 Å². The Labute approximate surface area is 202 Å². The zero-order valence-electron chi connectivity index (χ0n) is 19.6. The van der Waals surface area contributed by atoms with E-state index in [0.29, 0.717) is 16.9 Å². The van der Waals surface area contributed by atoms with Gasteiger partial charge in [0.25, 0.3) is 5.91 Å². The van der Waals surface area contributed by atoms with Gasteiger partial charge in [0.1, 0.15) is 11.5 Å². The highest BCUT2D eigenvalue weighted by Crippen LogP contribution is 2.35. The number of nitrogens with one attached hydrogen (secondary N) is 3. The number of carbonyl (C=O) groups excluding carboxylic acids is 2. The summed E-state index contributed by atoms with van der Waals surface area (Å²) in [5.41, 5.74) is 1.41. The van der Waals surface area contributed by atoms with Crippen LogP contribution in [0.15, 0.2) is 59.5 Å². The number of anilines is 1. The Kier molecular flexibility index (Phi) is 7.92. The van der Waals surface area contributed by atoms with Crippen LogP contribution in [0.1, 0.15) is 23.3 Å². The summed E-state index contributed by atoms with van der Waals surface area (Å²) < 4.78 is 5.59. The molecular weight excluding hydrogens is 452 g/mol. The molecule has 2 aromatic rings. The molecule has 0 unspecified atom stereocenters. The summed E-state index contributed by atoms with van der Waals surface area (Å²) in [7, 11) is 4.45. The van der Waals surface area contributed by atoms with Crippen molar-refractivity contribution in [1.82, 2.24) is 20.6 Å². The second-order valence-corrected chi connectivity index (χ2v) is 7.59. The van der Waals surface area contributed by atoms with Crippen LogP contribution in [0.5, 0.6) is 5.75 Å².